The molecule has 3 heterocycles. The van der Waals surface area contributed by atoms with Crippen molar-refractivity contribution in [1.82, 2.24) is 14.3 Å². The van der Waals surface area contributed by atoms with E-state index in [-0.39, 0.29) is 11.5 Å². The number of ether oxygens (including phenoxy) is 1. The first-order valence-corrected chi connectivity index (χ1v) is 8.89. The van der Waals surface area contributed by atoms with Crippen LogP contribution >= 0.6 is 0 Å². The molecule has 0 spiro atoms. The van der Waals surface area contributed by atoms with Crippen LogP contribution in [0.25, 0.3) is 5.65 Å². The standard InChI is InChI=1S/C20H20N4O3/c25-19-13-15(22-18-7-3-4-8-24(18)19)14-21-17-6-2-1-5-16(17)20(26)23-9-11-27-12-10-23/h1-8,13,21H,9-12,14H2. The van der Waals surface area contributed by atoms with Gasteiger partial charge in [-0.25, -0.2) is 4.98 Å². The average Bonchev–Trinajstić information content (AvgIpc) is 2.73. The van der Waals surface area contributed by atoms with Gasteiger partial charge >= 0.3 is 0 Å². The third-order valence-electron chi connectivity index (χ3n) is 4.54. The number of anilines is 1. The molecule has 1 N–H and O–H groups in total. The van der Waals surface area contributed by atoms with Crippen LogP contribution in [0.15, 0.2) is 59.5 Å². The lowest BCUT2D eigenvalue weighted by Crippen LogP contribution is -2.40. The first-order valence-electron chi connectivity index (χ1n) is 8.89. The van der Waals surface area contributed by atoms with Crippen LogP contribution < -0.4 is 10.9 Å². The van der Waals surface area contributed by atoms with Crippen LogP contribution in [0.5, 0.6) is 0 Å². The summed E-state index contributed by atoms with van der Waals surface area (Å²) in [6.45, 7) is 2.67. The van der Waals surface area contributed by atoms with Crippen molar-refractivity contribution < 1.29 is 9.53 Å². The van der Waals surface area contributed by atoms with Gasteiger partial charge in [-0.2, -0.15) is 0 Å². The number of carbonyl (C=O) groups excluding carboxylic acids is 1. The summed E-state index contributed by atoms with van der Waals surface area (Å²) in [5, 5.41) is 3.25. The first kappa shape index (κ1) is 17.2. The lowest BCUT2D eigenvalue weighted by Gasteiger charge is -2.27. The number of carbonyl (C=O) groups is 1. The molecule has 0 bridgehead atoms. The van der Waals surface area contributed by atoms with E-state index >= 15 is 0 Å². The molecular formula is C20H20N4O3. The minimum atomic E-state index is -0.130. The molecule has 1 aliphatic heterocycles. The summed E-state index contributed by atoms with van der Waals surface area (Å²) in [5.74, 6) is -0.0204. The molecule has 0 unspecified atom stereocenters. The molecule has 138 valence electrons. The minimum absolute atomic E-state index is 0.0204. The predicted octanol–water partition coefficient (Wildman–Crippen LogP) is 1.78. The molecule has 7 heteroatoms. The number of nitrogens with zero attached hydrogens (tertiary/aromatic N) is 3. The molecule has 27 heavy (non-hydrogen) atoms. The molecule has 1 fully saturated rings. The Labute approximate surface area is 156 Å². The maximum atomic E-state index is 12.8. The molecule has 1 saturated heterocycles. The second-order valence-corrected chi connectivity index (χ2v) is 6.32. The van der Waals surface area contributed by atoms with Gasteiger partial charge in [-0.15, -0.1) is 0 Å². The Kier molecular flexibility index (Phi) is 4.84. The number of benzene rings is 1. The van der Waals surface area contributed by atoms with E-state index in [9.17, 15) is 9.59 Å². The van der Waals surface area contributed by atoms with Crippen LogP contribution in [-0.2, 0) is 11.3 Å². The summed E-state index contributed by atoms with van der Waals surface area (Å²) in [7, 11) is 0. The molecule has 1 aromatic carbocycles. The Morgan fingerprint density at radius 2 is 1.89 bits per heavy atom. The summed E-state index contributed by atoms with van der Waals surface area (Å²) >= 11 is 0. The van der Waals surface area contributed by atoms with E-state index in [0.29, 0.717) is 49.8 Å². The highest BCUT2D eigenvalue weighted by Gasteiger charge is 2.20. The summed E-state index contributed by atoms with van der Waals surface area (Å²) in [4.78, 5) is 31.3. The molecule has 1 amide bonds. The van der Waals surface area contributed by atoms with Crippen molar-refractivity contribution in [2.45, 2.75) is 6.54 Å². The van der Waals surface area contributed by atoms with Crippen LogP contribution in [0.1, 0.15) is 16.1 Å². The van der Waals surface area contributed by atoms with Gasteiger partial charge in [0.05, 0.1) is 31.0 Å². The number of amides is 1. The molecule has 1 aliphatic rings. The lowest BCUT2D eigenvalue weighted by molar-refractivity contribution is 0.0303. The topological polar surface area (TPSA) is 75.9 Å². The fourth-order valence-electron chi connectivity index (χ4n) is 3.14. The van der Waals surface area contributed by atoms with Crippen molar-refractivity contribution in [2.75, 3.05) is 31.6 Å². The van der Waals surface area contributed by atoms with Crippen LogP contribution in [0.4, 0.5) is 5.69 Å². The van der Waals surface area contributed by atoms with Crippen molar-refractivity contribution in [2.24, 2.45) is 0 Å². The molecule has 0 radical (unpaired) electrons. The van der Waals surface area contributed by atoms with Gasteiger partial charge in [-0.3, -0.25) is 14.0 Å². The SMILES string of the molecule is O=C(c1ccccc1NCc1cc(=O)n2ccccc2n1)N1CCOCC1. The molecule has 7 nitrogen and oxygen atoms in total. The number of fused-ring (bicyclic) bond motifs is 1. The van der Waals surface area contributed by atoms with Crippen molar-refractivity contribution in [1.29, 1.82) is 0 Å². The smallest absolute Gasteiger partial charge is 0.258 e. The number of hydrogen-bond acceptors (Lipinski definition) is 5. The second kappa shape index (κ2) is 7.59. The Hall–Kier alpha value is -3.19. The van der Waals surface area contributed by atoms with Gasteiger partial charge in [-0.05, 0) is 24.3 Å². The van der Waals surface area contributed by atoms with E-state index < -0.39 is 0 Å². The van der Waals surface area contributed by atoms with Crippen molar-refractivity contribution >= 4 is 17.2 Å². The van der Waals surface area contributed by atoms with Gasteiger partial charge in [0, 0.05) is 31.0 Å². The van der Waals surface area contributed by atoms with Crippen LogP contribution in [0.2, 0.25) is 0 Å². The fourth-order valence-corrected chi connectivity index (χ4v) is 3.14. The van der Waals surface area contributed by atoms with E-state index in [1.807, 2.05) is 30.3 Å². The number of nitrogens with one attached hydrogen (secondary N) is 1. The Morgan fingerprint density at radius 3 is 2.74 bits per heavy atom. The normalized spacial score (nSPS) is 14.3. The number of aromatic nitrogens is 2. The maximum absolute atomic E-state index is 12.8. The summed E-state index contributed by atoms with van der Waals surface area (Å²) in [6, 6.07) is 14.3. The number of pyridine rings is 1. The molecular weight excluding hydrogens is 344 g/mol. The minimum Gasteiger partial charge on any atom is -0.379 e. The van der Waals surface area contributed by atoms with Gasteiger partial charge < -0.3 is 15.0 Å². The summed E-state index contributed by atoms with van der Waals surface area (Å²) in [5.41, 5.74) is 2.43. The third-order valence-corrected chi connectivity index (χ3v) is 4.54. The zero-order chi connectivity index (χ0) is 18.6. The number of para-hydroxylation sites is 1. The predicted molar refractivity (Wildman–Crippen MR) is 102 cm³/mol. The van der Waals surface area contributed by atoms with Crippen molar-refractivity contribution in [3.8, 4) is 0 Å². The zero-order valence-electron chi connectivity index (χ0n) is 14.8. The number of hydrogen-bond donors (Lipinski definition) is 1. The van der Waals surface area contributed by atoms with Crippen molar-refractivity contribution in [3.05, 3.63) is 76.3 Å². The van der Waals surface area contributed by atoms with E-state index in [1.54, 1.807) is 23.2 Å². The molecule has 0 atom stereocenters. The Morgan fingerprint density at radius 1 is 1.11 bits per heavy atom. The van der Waals surface area contributed by atoms with Crippen LogP contribution in [0.3, 0.4) is 0 Å². The summed E-state index contributed by atoms with van der Waals surface area (Å²) in [6.07, 6.45) is 1.69. The van der Waals surface area contributed by atoms with E-state index in [2.05, 4.69) is 10.3 Å². The largest absolute Gasteiger partial charge is 0.379 e. The fraction of sp³-hybridized carbons (Fsp3) is 0.250. The van der Waals surface area contributed by atoms with Crippen LogP contribution in [-0.4, -0.2) is 46.5 Å². The van der Waals surface area contributed by atoms with Gasteiger partial charge in [-0.1, -0.05) is 18.2 Å². The quantitative estimate of drug-likeness (QED) is 0.764. The highest BCUT2D eigenvalue weighted by Crippen LogP contribution is 2.18. The van der Waals surface area contributed by atoms with E-state index in [4.69, 9.17) is 4.74 Å². The Bertz CT molecular complexity index is 1020. The van der Waals surface area contributed by atoms with Crippen LogP contribution in [0, 0.1) is 0 Å². The third kappa shape index (κ3) is 3.68. The maximum Gasteiger partial charge on any atom is 0.258 e. The molecule has 4 rings (SSSR count). The molecule has 2 aromatic heterocycles. The van der Waals surface area contributed by atoms with Crippen molar-refractivity contribution in [3.63, 3.8) is 0 Å². The monoisotopic (exact) mass is 364 g/mol. The van der Waals surface area contributed by atoms with Gasteiger partial charge in [0.2, 0.25) is 0 Å². The van der Waals surface area contributed by atoms with Gasteiger partial charge in [0.1, 0.15) is 5.65 Å². The highest BCUT2D eigenvalue weighted by atomic mass is 16.5. The molecule has 3 aromatic rings. The zero-order valence-corrected chi connectivity index (χ0v) is 14.8. The van der Waals surface area contributed by atoms with E-state index in [0.717, 1.165) is 5.69 Å². The second-order valence-electron chi connectivity index (χ2n) is 6.32. The summed E-state index contributed by atoms with van der Waals surface area (Å²) < 4.78 is 6.82. The lowest BCUT2D eigenvalue weighted by atomic mass is 10.1. The van der Waals surface area contributed by atoms with Gasteiger partial charge in [0.25, 0.3) is 11.5 Å². The van der Waals surface area contributed by atoms with E-state index in [1.165, 1.54) is 10.5 Å². The molecule has 0 saturated carbocycles. The number of morpholine rings is 1. The number of rotatable bonds is 4. The first-order chi connectivity index (χ1) is 13.2. The average molecular weight is 364 g/mol. The Balaban J connectivity index is 1.55. The van der Waals surface area contributed by atoms with Gasteiger partial charge in [0.15, 0.2) is 0 Å². The highest BCUT2D eigenvalue weighted by molar-refractivity contribution is 5.99. The molecule has 0 aliphatic carbocycles.